The van der Waals surface area contributed by atoms with E-state index in [-0.39, 0.29) is 10.3 Å². The van der Waals surface area contributed by atoms with Crippen LogP contribution in [0.5, 0.6) is 0 Å². The van der Waals surface area contributed by atoms with E-state index in [1.807, 2.05) is 0 Å². The Morgan fingerprint density at radius 3 is 1.30 bits per heavy atom. The first-order valence-electron chi connectivity index (χ1n) is 11.2. The van der Waals surface area contributed by atoms with E-state index in [1.165, 1.54) is 4.90 Å². The normalized spacial score (nSPS) is 36.3. The molecule has 3 heterocycles. The van der Waals surface area contributed by atoms with Gasteiger partial charge in [-0.2, -0.15) is 0 Å². The fraction of sp³-hybridized carbons (Fsp3) is 0.667. The molecule has 1 N–H and O–H groups in total. The van der Waals surface area contributed by atoms with E-state index in [0.717, 1.165) is 0 Å². The topological polar surface area (TPSA) is 37.3 Å². The zero-order valence-electron chi connectivity index (χ0n) is 21.2. The summed E-state index contributed by atoms with van der Waals surface area (Å²) in [7, 11) is -11.9. The zero-order chi connectivity index (χ0) is 23.4. The molecule has 9 heteroatoms. The standard InChI is InChI=1S/C21H42O2SSi6/c1-25(2)20(19(22)23)26(3,4)29(9,10)21(28(25,7)8,30(11,12)27(20,5)6)24-18-16-14-13-15-17-18/h13-17H,1-12H3,(H,22,23). The molecule has 0 aliphatic carbocycles. The van der Waals surface area contributed by atoms with Crippen molar-refractivity contribution in [1.29, 1.82) is 0 Å². The van der Waals surface area contributed by atoms with E-state index >= 15 is 0 Å². The van der Waals surface area contributed by atoms with E-state index < -0.39 is 45.5 Å². The Balaban J connectivity index is 2.58. The Hall–Kier alpha value is 0.341. The average Bonchev–Trinajstić information content (AvgIpc) is 2.57. The number of carboxylic acid groups (broad SMARTS) is 1. The summed E-state index contributed by atoms with van der Waals surface area (Å²) in [5, 5.41) is 11.3. The van der Waals surface area contributed by atoms with Gasteiger partial charge >= 0.3 is 5.97 Å². The van der Waals surface area contributed by atoms with Gasteiger partial charge in [-0.15, -0.1) is 11.8 Å². The second-order valence-corrected chi connectivity index (χ2v) is 64.8. The van der Waals surface area contributed by atoms with Gasteiger partial charge in [-0.1, -0.05) is 96.8 Å². The van der Waals surface area contributed by atoms with Crippen LogP contribution in [0.15, 0.2) is 35.2 Å². The molecule has 0 unspecified atom stereocenters. The lowest BCUT2D eigenvalue weighted by Gasteiger charge is -2.87. The SMILES string of the molecule is C[Si]1(C)C2(Sc3ccccc3)[Si](C)(C)[Si](C)(C)C(C(=O)O)([Si]1(C)C)[Si](C)(C)[Si]2(C)C. The largest absolute Gasteiger partial charge is 0.481 e. The second kappa shape index (κ2) is 6.47. The minimum Gasteiger partial charge on any atom is -0.481 e. The van der Waals surface area contributed by atoms with E-state index in [4.69, 9.17) is 0 Å². The molecule has 4 rings (SSSR count). The van der Waals surface area contributed by atoms with Crippen molar-refractivity contribution in [2.24, 2.45) is 0 Å². The van der Waals surface area contributed by atoms with Crippen molar-refractivity contribution in [2.45, 2.75) is 91.4 Å². The van der Waals surface area contributed by atoms with Gasteiger partial charge in [0.2, 0.25) is 0 Å². The van der Waals surface area contributed by atoms with Crippen molar-refractivity contribution in [3.63, 3.8) is 0 Å². The molecule has 2 bridgehead atoms. The number of thioether (sulfide) groups is 1. The van der Waals surface area contributed by atoms with Crippen molar-refractivity contribution < 1.29 is 9.90 Å². The molecule has 0 spiro atoms. The van der Waals surface area contributed by atoms with Crippen LogP contribution in [0.4, 0.5) is 0 Å². The van der Waals surface area contributed by atoms with Crippen molar-refractivity contribution >= 4 is 63.3 Å². The predicted octanol–water partition coefficient (Wildman–Crippen LogP) is 6.55. The maximum atomic E-state index is 13.7. The molecule has 1 aromatic rings. The summed E-state index contributed by atoms with van der Waals surface area (Å²) in [6.07, 6.45) is 0. The first-order valence-corrected chi connectivity index (χ1v) is 33.1. The third kappa shape index (κ3) is 2.10. The maximum Gasteiger partial charge on any atom is 0.300 e. The molecule has 30 heavy (non-hydrogen) atoms. The number of hydrogen-bond acceptors (Lipinski definition) is 2. The van der Waals surface area contributed by atoms with Crippen LogP contribution in [0.25, 0.3) is 0 Å². The molecule has 2 nitrogen and oxygen atoms in total. The summed E-state index contributed by atoms with van der Waals surface area (Å²) in [6, 6.07) is 11.2. The minimum atomic E-state index is -2.07. The molecule has 0 amide bonds. The number of hydrogen-bond donors (Lipinski definition) is 1. The van der Waals surface area contributed by atoms with Gasteiger partial charge in [-0.3, -0.25) is 4.79 Å². The highest BCUT2D eigenvalue weighted by Gasteiger charge is 2.94. The van der Waals surface area contributed by atoms with Crippen LogP contribution in [0, 0.1) is 0 Å². The first-order chi connectivity index (χ1) is 13.3. The predicted molar refractivity (Wildman–Crippen MR) is 150 cm³/mol. The summed E-state index contributed by atoms with van der Waals surface area (Å²) in [4.78, 5) is 15.1. The summed E-state index contributed by atoms with van der Waals surface area (Å²) < 4.78 is 0.0971. The highest BCUT2D eigenvalue weighted by molar-refractivity contribution is 8.12. The van der Waals surface area contributed by atoms with Gasteiger partial charge in [0.1, 0.15) is 0 Å². The van der Waals surface area contributed by atoms with Gasteiger partial charge in [0.25, 0.3) is 0 Å². The van der Waals surface area contributed by atoms with E-state index in [0.29, 0.717) is 3.62 Å². The van der Waals surface area contributed by atoms with Gasteiger partial charge in [0.05, 0.1) is 45.5 Å². The van der Waals surface area contributed by atoms with Crippen LogP contribution in [-0.4, -0.2) is 60.2 Å². The Bertz CT molecular complexity index is 820. The average molecular weight is 527 g/mol. The molecule has 3 saturated heterocycles. The molecule has 168 valence electrons. The van der Waals surface area contributed by atoms with Crippen molar-refractivity contribution in [2.75, 3.05) is 0 Å². The lowest BCUT2D eigenvalue weighted by atomic mass is 10.4. The van der Waals surface area contributed by atoms with Gasteiger partial charge in [0.15, 0.2) is 0 Å². The molecule has 0 aromatic heterocycles. The fourth-order valence-corrected chi connectivity index (χ4v) is 158. The third-order valence-electron chi connectivity index (χ3n) is 11.5. The van der Waals surface area contributed by atoms with Crippen molar-refractivity contribution in [1.82, 2.24) is 0 Å². The Morgan fingerprint density at radius 1 is 0.667 bits per heavy atom. The molecular weight excluding hydrogens is 485 g/mol. The zero-order valence-corrected chi connectivity index (χ0v) is 28.0. The van der Waals surface area contributed by atoms with Gasteiger partial charge in [0, 0.05) is 9.18 Å². The quantitative estimate of drug-likeness (QED) is 0.454. The molecule has 0 radical (unpaired) electrons. The highest BCUT2D eigenvalue weighted by atomic mass is 32.2. The lowest BCUT2D eigenvalue weighted by Crippen LogP contribution is -3.09. The van der Waals surface area contributed by atoms with Crippen LogP contribution in [-0.2, 0) is 4.79 Å². The Kier molecular flexibility index (Phi) is 5.39. The van der Waals surface area contributed by atoms with Crippen molar-refractivity contribution in [3.05, 3.63) is 30.3 Å². The number of fused-ring (bicyclic) bond motifs is 3. The third-order valence-corrected chi connectivity index (χ3v) is 107. The number of benzene rings is 1. The summed E-state index contributed by atoms with van der Waals surface area (Å²) in [5.74, 6) is -0.354. The molecule has 0 atom stereocenters. The summed E-state index contributed by atoms with van der Waals surface area (Å²) in [6.45, 7) is 31.2. The molecular formula is C21H42O2SSi6. The van der Waals surface area contributed by atoms with Crippen molar-refractivity contribution in [3.8, 4) is 0 Å². The maximum absolute atomic E-state index is 13.7. The Labute approximate surface area is 194 Å². The summed E-state index contributed by atoms with van der Waals surface area (Å²) in [5.41, 5.74) is 0. The minimum absolute atomic E-state index is 0.298. The van der Waals surface area contributed by atoms with Gasteiger partial charge in [-0.05, 0) is 15.7 Å². The molecule has 1 aromatic carbocycles. The van der Waals surface area contributed by atoms with Crippen LogP contribution in [0.1, 0.15) is 0 Å². The van der Waals surface area contributed by atoms with Gasteiger partial charge in [-0.25, -0.2) is 0 Å². The molecule has 3 fully saturated rings. The monoisotopic (exact) mass is 526 g/mol. The second-order valence-electron chi connectivity index (χ2n) is 12.9. The number of carbonyl (C=O) groups is 1. The number of carboxylic acids is 1. The first kappa shape index (κ1) is 25.0. The molecule has 0 saturated carbocycles. The smallest absolute Gasteiger partial charge is 0.300 e. The molecule has 3 aliphatic rings. The van der Waals surface area contributed by atoms with Crippen LogP contribution in [0.2, 0.25) is 82.8 Å². The lowest BCUT2D eigenvalue weighted by molar-refractivity contribution is -0.136. The molecule has 3 aliphatic heterocycles. The summed E-state index contributed by atoms with van der Waals surface area (Å²) >= 11 is 2.28. The van der Waals surface area contributed by atoms with E-state index in [2.05, 4.69) is 121 Å². The van der Waals surface area contributed by atoms with Crippen LogP contribution in [0.3, 0.4) is 0 Å². The number of aliphatic carboxylic acids is 1. The van der Waals surface area contributed by atoms with E-state index in [1.54, 1.807) is 0 Å². The highest BCUT2D eigenvalue weighted by Crippen LogP contribution is 2.77. The fourth-order valence-electron chi connectivity index (χ4n) is 9.26. The van der Waals surface area contributed by atoms with Crippen LogP contribution < -0.4 is 0 Å². The number of rotatable bonds is 3. The van der Waals surface area contributed by atoms with E-state index in [9.17, 15) is 9.90 Å². The Morgan fingerprint density at radius 2 is 1.00 bits per heavy atom. The van der Waals surface area contributed by atoms with Gasteiger partial charge < -0.3 is 5.11 Å². The van der Waals surface area contributed by atoms with Crippen LogP contribution >= 0.6 is 11.8 Å².